The Labute approximate surface area is 117 Å². The second-order valence-electron chi connectivity index (χ2n) is 6.30. The molecule has 104 valence electrons. The van der Waals surface area contributed by atoms with Gasteiger partial charge in [-0.2, -0.15) is 0 Å². The molecule has 0 spiro atoms. The van der Waals surface area contributed by atoms with E-state index < -0.39 is 8.32 Å². The van der Waals surface area contributed by atoms with Gasteiger partial charge in [0.15, 0.2) is 0 Å². The minimum Gasteiger partial charge on any atom is -0.428 e. The molecule has 0 radical (unpaired) electrons. The minimum atomic E-state index is -2.13. The summed E-state index contributed by atoms with van der Waals surface area (Å²) in [7, 11) is -2.13. The molecule has 1 aromatic rings. The molecule has 19 heavy (non-hydrogen) atoms. The van der Waals surface area contributed by atoms with Gasteiger partial charge in [0.1, 0.15) is 0 Å². The van der Waals surface area contributed by atoms with E-state index in [2.05, 4.69) is 43.4 Å². The Kier molecular flexibility index (Phi) is 4.28. The number of fused-ring (bicyclic) bond motifs is 1. The number of hydrogen-bond donors (Lipinski definition) is 2. The zero-order valence-electron chi connectivity index (χ0n) is 12.5. The molecule has 1 aromatic carbocycles. The molecule has 0 unspecified atom stereocenters. The van der Waals surface area contributed by atoms with Crippen LogP contribution >= 0.6 is 0 Å². The molecule has 2 nitrogen and oxygen atoms in total. The van der Waals surface area contributed by atoms with E-state index in [1.54, 1.807) is 0 Å². The molecule has 0 fully saturated rings. The van der Waals surface area contributed by atoms with Crippen molar-refractivity contribution in [3.8, 4) is 0 Å². The Morgan fingerprint density at radius 2 is 2.05 bits per heavy atom. The molecule has 2 N–H and O–H groups in total. The molecule has 0 bridgehead atoms. The largest absolute Gasteiger partial charge is 0.428 e. The molecule has 0 atom stereocenters. The maximum Gasteiger partial charge on any atom is 0.210 e. The van der Waals surface area contributed by atoms with Crippen LogP contribution in [0.25, 0.3) is 6.08 Å². The van der Waals surface area contributed by atoms with E-state index in [9.17, 15) is 4.80 Å². The molecule has 0 aliphatic heterocycles. The first kappa shape index (κ1) is 14.5. The lowest BCUT2D eigenvalue weighted by atomic mass is 10.0. The molecule has 3 heteroatoms. The minimum absolute atomic E-state index is 0.544. The highest BCUT2D eigenvalue weighted by Crippen LogP contribution is 2.30. The van der Waals surface area contributed by atoms with Gasteiger partial charge in [0.2, 0.25) is 8.32 Å². The van der Waals surface area contributed by atoms with Crippen molar-refractivity contribution in [3.05, 3.63) is 40.1 Å². The molecule has 1 aliphatic rings. The predicted octanol–water partition coefficient (Wildman–Crippen LogP) is 2.90. The van der Waals surface area contributed by atoms with Crippen LogP contribution in [0.1, 0.15) is 30.5 Å². The molecule has 0 aromatic heterocycles. The van der Waals surface area contributed by atoms with Crippen molar-refractivity contribution in [1.82, 2.24) is 5.32 Å². The molecule has 0 saturated heterocycles. The van der Waals surface area contributed by atoms with E-state index in [0.29, 0.717) is 6.04 Å². The lowest BCUT2D eigenvalue weighted by Gasteiger charge is -2.15. The van der Waals surface area contributed by atoms with E-state index >= 15 is 0 Å². The predicted molar refractivity (Wildman–Crippen MR) is 84.7 cm³/mol. The molecule has 0 amide bonds. The summed E-state index contributed by atoms with van der Waals surface area (Å²) in [5.74, 6) is 0. The summed E-state index contributed by atoms with van der Waals surface area (Å²) >= 11 is 0. The number of allylic oxidation sites excluding steroid dienone is 1. The second-order valence-corrected chi connectivity index (χ2v) is 10.1. The quantitative estimate of drug-likeness (QED) is 0.810. The number of benzene rings is 1. The van der Waals surface area contributed by atoms with Gasteiger partial charge in [0.25, 0.3) is 0 Å². The van der Waals surface area contributed by atoms with Gasteiger partial charge in [-0.05, 0) is 49.2 Å². The Bertz CT molecular complexity index is 486. The first-order valence-electron chi connectivity index (χ1n) is 7.15. The highest BCUT2D eigenvalue weighted by Gasteiger charge is 2.27. The van der Waals surface area contributed by atoms with E-state index in [0.717, 1.165) is 19.4 Å². The van der Waals surface area contributed by atoms with Crippen molar-refractivity contribution >= 4 is 14.4 Å². The number of rotatable bonds is 5. The van der Waals surface area contributed by atoms with Gasteiger partial charge in [-0.25, -0.2) is 0 Å². The Balaban J connectivity index is 2.06. The summed E-state index contributed by atoms with van der Waals surface area (Å²) in [6, 6.07) is 7.28. The highest BCUT2D eigenvalue weighted by atomic mass is 28.4. The summed E-state index contributed by atoms with van der Waals surface area (Å²) in [5.41, 5.74) is 4.05. The average Bonchev–Trinajstić information content (AvgIpc) is 2.71. The van der Waals surface area contributed by atoms with Crippen LogP contribution in [0.15, 0.2) is 23.4 Å². The van der Waals surface area contributed by atoms with Crippen molar-refractivity contribution in [2.24, 2.45) is 0 Å². The van der Waals surface area contributed by atoms with Crippen LogP contribution in [0, 0.1) is 0 Å². The maximum atomic E-state index is 10.2. The van der Waals surface area contributed by atoms with Gasteiger partial charge in [0.05, 0.1) is 0 Å². The molecule has 0 heterocycles. The van der Waals surface area contributed by atoms with Crippen molar-refractivity contribution in [3.63, 3.8) is 0 Å². The number of hydrogen-bond acceptors (Lipinski definition) is 2. The topological polar surface area (TPSA) is 32.3 Å². The lowest BCUT2D eigenvalue weighted by Crippen LogP contribution is -2.28. The van der Waals surface area contributed by atoms with Gasteiger partial charge >= 0.3 is 0 Å². The monoisotopic (exact) mass is 275 g/mol. The van der Waals surface area contributed by atoms with E-state index in [1.165, 1.54) is 21.9 Å². The van der Waals surface area contributed by atoms with Crippen molar-refractivity contribution in [1.29, 1.82) is 0 Å². The van der Waals surface area contributed by atoms with Crippen molar-refractivity contribution < 1.29 is 4.80 Å². The third-order valence-corrected chi connectivity index (χ3v) is 5.57. The van der Waals surface area contributed by atoms with Crippen LogP contribution < -0.4 is 5.32 Å². The molecular formula is C16H25NOSi. The zero-order chi connectivity index (χ0) is 14.0. The van der Waals surface area contributed by atoms with Gasteiger partial charge in [-0.1, -0.05) is 43.3 Å². The molecule has 2 rings (SSSR count). The first-order valence-corrected chi connectivity index (χ1v) is 10.1. The first-order chi connectivity index (χ1) is 8.86. The summed E-state index contributed by atoms with van der Waals surface area (Å²) in [5, 5.41) is 4.70. The van der Waals surface area contributed by atoms with Crippen LogP contribution in [0.4, 0.5) is 0 Å². The van der Waals surface area contributed by atoms with E-state index in [1.807, 2.05) is 13.1 Å². The summed E-state index contributed by atoms with van der Waals surface area (Å²) < 4.78 is 0. The number of nitrogens with one attached hydrogen (secondary N) is 1. The van der Waals surface area contributed by atoms with Crippen molar-refractivity contribution in [2.45, 2.75) is 45.8 Å². The molecule has 0 saturated carbocycles. The Morgan fingerprint density at radius 1 is 1.32 bits per heavy atom. The molecule has 1 aliphatic carbocycles. The van der Waals surface area contributed by atoms with Gasteiger partial charge in [-0.3, -0.25) is 0 Å². The fourth-order valence-electron chi connectivity index (χ4n) is 2.44. The Morgan fingerprint density at radius 3 is 2.68 bits per heavy atom. The SMILES string of the molecule is CC(C)NCCc1ccc2c(c1)C=C([Si](C)(C)O)C2. The van der Waals surface area contributed by atoms with Gasteiger partial charge < -0.3 is 10.1 Å². The lowest BCUT2D eigenvalue weighted by molar-refractivity contribution is 0.561. The van der Waals surface area contributed by atoms with Crippen LogP contribution in [-0.4, -0.2) is 25.7 Å². The third-order valence-electron chi connectivity index (χ3n) is 3.67. The molecular weight excluding hydrogens is 250 g/mol. The van der Waals surface area contributed by atoms with Crippen molar-refractivity contribution in [2.75, 3.05) is 6.54 Å². The summed E-state index contributed by atoms with van der Waals surface area (Å²) in [4.78, 5) is 10.2. The fourth-order valence-corrected chi connectivity index (χ4v) is 3.57. The van der Waals surface area contributed by atoms with Crippen LogP contribution in [-0.2, 0) is 12.8 Å². The van der Waals surface area contributed by atoms with Gasteiger partial charge in [0, 0.05) is 6.04 Å². The zero-order valence-corrected chi connectivity index (χ0v) is 13.5. The summed E-state index contributed by atoms with van der Waals surface area (Å²) in [6.07, 6.45) is 4.21. The standard InChI is InChI=1S/C16H25NOSi/c1-12(2)17-8-7-13-5-6-14-10-16(19(3,4)18)11-15(14)9-13/h5-6,9,11-12,17-18H,7-8,10H2,1-4H3. The Hall–Kier alpha value is -0.903. The van der Waals surface area contributed by atoms with Crippen LogP contribution in [0.5, 0.6) is 0 Å². The van der Waals surface area contributed by atoms with Crippen LogP contribution in [0.3, 0.4) is 0 Å². The smallest absolute Gasteiger partial charge is 0.210 e. The summed E-state index contributed by atoms with van der Waals surface area (Å²) in [6.45, 7) is 9.36. The highest BCUT2D eigenvalue weighted by molar-refractivity contribution is 6.78. The fraction of sp³-hybridized carbons (Fsp3) is 0.500. The van der Waals surface area contributed by atoms with E-state index in [-0.39, 0.29) is 0 Å². The average molecular weight is 275 g/mol. The maximum absolute atomic E-state index is 10.2. The third kappa shape index (κ3) is 3.78. The van der Waals surface area contributed by atoms with Gasteiger partial charge in [-0.15, -0.1) is 0 Å². The second kappa shape index (κ2) is 5.61. The normalized spacial score (nSPS) is 14.7. The van der Waals surface area contributed by atoms with E-state index in [4.69, 9.17) is 0 Å². The van der Waals surface area contributed by atoms with Crippen LogP contribution in [0.2, 0.25) is 13.1 Å².